The van der Waals surface area contributed by atoms with E-state index in [4.69, 9.17) is 0 Å². The fourth-order valence-corrected chi connectivity index (χ4v) is 3.54. The molecule has 1 unspecified atom stereocenters. The minimum atomic E-state index is -0.791. The van der Waals surface area contributed by atoms with Gasteiger partial charge in [0, 0.05) is 12.6 Å². The number of amides is 1. The molecule has 2 aliphatic rings. The Morgan fingerprint density at radius 3 is 2.26 bits per heavy atom. The SMILES string of the molecule is CC1CCCCCN1C(=O)[C@@H]1CCCC[C@@H]1C(=O)O. The number of carboxylic acids is 1. The molecule has 0 aromatic rings. The van der Waals surface area contributed by atoms with Crippen LogP contribution in [0.2, 0.25) is 0 Å². The summed E-state index contributed by atoms with van der Waals surface area (Å²) in [5.41, 5.74) is 0. The second-order valence-corrected chi connectivity index (χ2v) is 6.07. The number of carbonyl (C=O) groups is 2. The zero-order valence-corrected chi connectivity index (χ0v) is 11.8. The van der Waals surface area contributed by atoms with Crippen molar-refractivity contribution in [3.63, 3.8) is 0 Å². The molecule has 2 rings (SSSR count). The maximum atomic E-state index is 12.7. The first-order valence-corrected chi connectivity index (χ1v) is 7.64. The van der Waals surface area contributed by atoms with Crippen LogP contribution in [0.3, 0.4) is 0 Å². The van der Waals surface area contributed by atoms with E-state index in [0.29, 0.717) is 6.42 Å². The Labute approximate surface area is 115 Å². The fraction of sp³-hybridized carbons (Fsp3) is 0.867. The van der Waals surface area contributed by atoms with Gasteiger partial charge < -0.3 is 10.0 Å². The fourth-order valence-electron chi connectivity index (χ4n) is 3.54. The number of hydrogen-bond donors (Lipinski definition) is 1. The topological polar surface area (TPSA) is 57.6 Å². The lowest BCUT2D eigenvalue weighted by Crippen LogP contribution is -2.46. The van der Waals surface area contributed by atoms with E-state index in [1.165, 1.54) is 12.8 Å². The smallest absolute Gasteiger partial charge is 0.307 e. The summed E-state index contributed by atoms with van der Waals surface area (Å²) in [7, 11) is 0. The lowest BCUT2D eigenvalue weighted by molar-refractivity contribution is -0.153. The Hall–Kier alpha value is -1.06. The van der Waals surface area contributed by atoms with Crippen LogP contribution >= 0.6 is 0 Å². The summed E-state index contributed by atoms with van der Waals surface area (Å²) in [6.45, 7) is 2.91. The molecule has 1 heterocycles. The Morgan fingerprint density at radius 2 is 1.58 bits per heavy atom. The second kappa shape index (κ2) is 6.40. The highest BCUT2D eigenvalue weighted by Crippen LogP contribution is 2.33. The van der Waals surface area contributed by atoms with Gasteiger partial charge in [0.15, 0.2) is 0 Å². The van der Waals surface area contributed by atoms with Crippen molar-refractivity contribution in [2.45, 2.75) is 64.3 Å². The van der Waals surface area contributed by atoms with Gasteiger partial charge in [0.1, 0.15) is 0 Å². The molecule has 0 aromatic carbocycles. The third-order valence-electron chi connectivity index (χ3n) is 4.74. The molecule has 1 N–H and O–H groups in total. The predicted octanol–water partition coefficient (Wildman–Crippen LogP) is 2.67. The summed E-state index contributed by atoms with van der Waals surface area (Å²) < 4.78 is 0. The van der Waals surface area contributed by atoms with Gasteiger partial charge >= 0.3 is 5.97 Å². The van der Waals surface area contributed by atoms with Crippen molar-refractivity contribution >= 4 is 11.9 Å². The Balaban J connectivity index is 2.09. The molecule has 1 amide bonds. The lowest BCUT2D eigenvalue weighted by Gasteiger charge is -2.35. The maximum absolute atomic E-state index is 12.7. The van der Waals surface area contributed by atoms with Gasteiger partial charge in [-0.1, -0.05) is 25.7 Å². The normalized spacial score (nSPS) is 32.7. The van der Waals surface area contributed by atoms with Gasteiger partial charge in [-0.05, 0) is 32.6 Å². The Kier molecular flexibility index (Phi) is 4.83. The molecular formula is C15H25NO3. The molecule has 4 nitrogen and oxygen atoms in total. The number of carboxylic acid groups (broad SMARTS) is 1. The summed E-state index contributed by atoms with van der Waals surface area (Å²) >= 11 is 0. The monoisotopic (exact) mass is 267 g/mol. The van der Waals surface area contributed by atoms with Gasteiger partial charge in [-0.3, -0.25) is 9.59 Å². The van der Waals surface area contributed by atoms with Crippen molar-refractivity contribution in [2.75, 3.05) is 6.54 Å². The highest BCUT2D eigenvalue weighted by Gasteiger charge is 2.38. The number of nitrogens with zero attached hydrogens (tertiary/aromatic N) is 1. The third kappa shape index (κ3) is 3.28. The summed E-state index contributed by atoms with van der Waals surface area (Å²) in [4.78, 5) is 26.0. The average molecular weight is 267 g/mol. The van der Waals surface area contributed by atoms with E-state index >= 15 is 0 Å². The van der Waals surface area contributed by atoms with Gasteiger partial charge in [0.25, 0.3) is 0 Å². The van der Waals surface area contributed by atoms with Crippen LogP contribution in [0.1, 0.15) is 58.3 Å². The minimum Gasteiger partial charge on any atom is -0.481 e. The van der Waals surface area contributed by atoms with Crippen molar-refractivity contribution < 1.29 is 14.7 Å². The number of likely N-dealkylation sites (tertiary alicyclic amines) is 1. The highest BCUT2D eigenvalue weighted by atomic mass is 16.4. The van der Waals surface area contributed by atoms with E-state index < -0.39 is 11.9 Å². The van der Waals surface area contributed by atoms with Crippen molar-refractivity contribution in [3.8, 4) is 0 Å². The molecule has 19 heavy (non-hydrogen) atoms. The van der Waals surface area contributed by atoms with Crippen LogP contribution in [-0.2, 0) is 9.59 Å². The molecule has 0 aromatic heterocycles. The molecule has 1 saturated heterocycles. The molecule has 1 aliphatic carbocycles. The molecule has 4 heteroatoms. The molecule has 3 atom stereocenters. The van der Waals surface area contributed by atoms with Gasteiger partial charge in [0.2, 0.25) is 5.91 Å². The lowest BCUT2D eigenvalue weighted by atomic mass is 9.78. The maximum Gasteiger partial charge on any atom is 0.307 e. The van der Waals surface area contributed by atoms with Crippen LogP contribution in [0.5, 0.6) is 0 Å². The summed E-state index contributed by atoms with van der Waals surface area (Å²) in [5, 5.41) is 9.31. The van der Waals surface area contributed by atoms with Crippen LogP contribution in [0.25, 0.3) is 0 Å². The molecule has 1 aliphatic heterocycles. The molecule has 0 spiro atoms. The number of hydrogen-bond acceptors (Lipinski definition) is 2. The van der Waals surface area contributed by atoms with E-state index in [2.05, 4.69) is 6.92 Å². The second-order valence-electron chi connectivity index (χ2n) is 6.07. The largest absolute Gasteiger partial charge is 0.481 e. The Bertz CT molecular complexity index is 342. The average Bonchev–Trinajstić information content (AvgIpc) is 2.62. The Morgan fingerprint density at radius 1 is 0.947 bits per heavy atom. The van der Waals surface area contributed by atoms with Crippen molar-refractivity contribution in [2.24, 2.45) is 11.8 Å². The predicted molar refractivity (Wildman–Crippen MR) is 72.7 cm³/mol. The zero-order chi connectivity index (χ0) is 13.8. The summed E-state index contributed by atoms with van der Waals surface area (Å²) in [6, 6.07) is 0.270. The molecular weight excluding hydrogens is 242 g/mol. The van der Waals surface area contributed by atoms with E-state index in [1.807, 2.05) is 4.90 Å². The van der Waals surface area contributed by atoms with Crippen molar-refractivity contribution in [1.82, 2.24) is 4.90 Å². The third-order valence-corrected chi connectivity index (χ3v) is 4.74. The highest BCUT2D eigenvalue weighted by molar-refractivity contribution is 5.85. The van der Waals surface area contributed by atoms with Gasteiger partial charge in [-0.15, -0.1) is 0 Å². The number of rotatable bonds is 2. The van der Waals surface area contributed by atoms with E-state index in [0.717, 1.165) is 38.6 Å². The minimum absolute atomic E-state index is 0.0986. The standard InChI is InChI=1S/C15H25NO3/c1-11-7-3-2-6-10-16(11)14(17)12-8-4-5-9-13(12)15(18)19/h11-13H,2-10H2,1H3,(H,18,19)/t11?,12-,13+/m1/s1. The van der Waals surface area contributed by atoms with Gasteiger partial charge in [0.05, 0.1) is 11.8 Å². The van der Waals surface area contributed by atoms with Gasteiger partial charge in [-0.25, -0.2) is 0 Å². The molecule has 0 bridgehead atoms. The van der Waals surface area contributed by atoms with E-state index in [-0.39, 0.29) is 17.9 Å². The number of carbonyl (C=O) groups excluding carboxylic acids is 1. The zero-order valence-electron chi connectivity index (χ0n) is 11.8. The van der Waals surface area contributed by atoms with Crippen LogP contribution in [0.4, 0.5) is 0 Å². The summed E-state index contributed by atoms with van der Waals surface area (Å²) in [6.07, 6.45) is 7.81. The van der Waals surface area contributed by atoms with E-state index in [9.17, 15) is 14.7 Å². The molecule has 2 fully saturated rings. The first kappa shape index (κ1) is 14.4. The van der Waals surface area contributed by atoms with Crippen LogP contribution in [0, 0.1) is 11.8 Å². The molecule has 1 saturated carbocycles. The van der Waals surface area contributed by atoms with Gasteiger partial charge in [-0.2, -0.15) is 0 Å². The quantitative estimate of drug-likeness (QED) is 0.836. The van der Waals surface area contributed by atoms with E-state index in [1.54, 1.807) is 0 Å². The first-order valence-electron chi connectivity index (χ1n) is 7.64. The number of aliphatic carboxylic acids is 1. The molecule has 108 valence electrons. The van der Waals surface area contributed by atoms with Crippen LogP contribution in [-0.4, -0.2) is 34.5 Å². The van der Waals surface area contributed by atoms with Crippen LogP contribution in [0.15, 0.2) is 0 Å². The molecule has 0 radical (unpaired) electrons. The van der Waals surface area contributed by atoms with Crippen molar-refractivity contribution in [3.05, 3.63) is 0 Å². The summed E-state index contributed by atoms with van der Waals surface area (Å²) in [5.74, 6) is -1.44. The van der Waals surface area contributed by atoms with Crippen molar-refractivity contribution in [1.29, 1.82) is 0 Å². The first-order chi connectivity index (χ1) is 9.11. The van der Waals surface area contributed by atoms with Crippen LogP contribution < -0.4 is 0 Å².